The van der Waals surface area contributed by atoms with Crippen LogP contribution in [0.4, 0.5) is 0 Å². The Kier molecular flexibility index (Phi) is 7.66. The monoisotopic (exact) mass is 326 g/mol. The lowest BCUT2D eigenvalue weighted by molar-refractivity contribution is 0.236. The molecule has 1 rings (SSSR count). The minimum atomic E-state index is 0.600. The van der Waals surface area contributed by atoms with Gasteiger partial charge in [-0.05, 0) is 57.1 Å². The van der Waals surface area contributed by atoms with Gasteiger partial charge in [0.05, 0.1) is 0 Å². The van der Waals surface area contributed by atoms with Crippen LogP contribution < -0.4 is 5.32 Å². The van der Waals surface area contributed by atoms with Gasteiger partial charge >= 0.3 is 0 Å². The summed E-state index contributed by atoms with van der Waals surface area (Å²) in [6.07, 6.45) is 1.19. The van der Waals surface area contributed by atoms with E-state index in [4.69, 9.17) is 0 Å². The van der Waals surface area contributed by atoms with Gasteiger partial charge in [0.25, 0.3) is 0 Å². The number of benzene rings is 1. The molecule has 1 atom stereocenters. The van der Waals surface area contributed by atoms with Crippen LogP contribution in [0.2, 0.25) is 0 Å². The van der Waals surface area contributed by atoms with Gasteiger partial charge in [-0.15, -0.1) is 0 Å². The van der Waals surface area contributed by atoms with E-state index in [-0.39, 0.29) is 0 Å². The summed E-state index contributed by atoms with van der Waals surface area (Å²) in [5.41, 5.74) is 1.37. The molecule has 1 N–H and O–H groups in total. The van der Waals surface area contributed by atoms with E-state index in [0.717, 1.165) is 30.0 Å². The average molecular weight is 327 g/mol. The lowest BCUT2D eigenvalue weighted by atomic mass is 10.1. The molecule has 0 spiro atoms. The smallest absolute Gasteiger partial charge is 0.0233 e. The maximum absolute atomic E-state index is 3.51. The topological polar surface area (TPSA) is 15.3 Å². The second-order valence-corrected chi connectivity index (χ2v) is 6.69. The summed E-state index contributed by atoms with van der Waals surface area (Å²) in [6, 6.07) is 9.19. The highest BCUT2D eigenvalue weighted by molar-refractivity contribution is 9.10. The summed E-state index contributed by atoms with van der Waals surface area (Å²) in [5.74, 6) is 0.732. The zero-order chi connectivity index (χ0) is 14.3. The first-order chi connectivity index (χ1) is 8.99. The van der Waals surface area contributed by atoms with Crippen LogP contribution in [0, 0.1) is 5.92 Å². The molecule has 1 aromatic carbocycles. The molecule has 2 nitrogen and oxygen atoms in total. The third-order valence-electron chi connectivity index (χ3n) is 3.39. The van der Waals surface area contributed by atoms with Crippen molar-refractivity contribution in [3.05, 3.63) is 34.3 Å². The second-order valence-electron chi connectivity index (χ2n) is 5.78. The summed E-state index contributed by atoms with van der Waals surface area (Å²) >= 11 is 3.47. The number of halogens is 1. The molecular weight excluding hydrogens is 300 g/mol. The summed E-state index contributed by atoms with van der Waals surface area (Å²) in [6.45, 7) is 10.0. The van der Waals surface area contributed by atoms with Gasteiger partial charge in [0.15, 0.2) is 0 Å². The summed E-state index contributed by atoms with van der Waals surface area (Å²) in [5, 5.41) is 3.51. The van der Waals surface area contributed by atoms with E-state index >= 15 is 0 Å². The molecule has 1 aromatic rings. The third kappa shape index (κ3) is 7.09. The lowest BCUT2D eigenvalue weighted by Gasteiger charge is -2.25. The fourth-order valence-corrected chi connectivity index (χ4v) is 2.22. The van der Waals surface area contributed by atoms with Crippen molar-refractivity contribution in [2.24, 2.45) is 5.92 Å². The van der Waals surface area contributed by atoms with Crippen LogP contribution in [0.3, 0.4) is 0 Å². The molecule has 108 valence electrons. The quantitative estimate of drug-likeness (QED) is 0.729. The molecule has 3 heteroatoms. The van der Waals surface area contributed by atoms with Crippen LogP contribution in [0.5, 0.6) is 0 Å². The van der Waals surface area contributed by atoms with Crippen LogP contribution in [0.25, 0.3) is 0 Å². The molecule has 0 amide bonds. The van der Waals surface area contributed by atoms with E-state index in [1.165, 1.54) is 12.0 Å². The molecule has 1 unspecified atom stereocenters. The Morgan fingerprint density at radius 3 is 2.37 bits per heavy atom. The van der Waals surface area contributed by atoms with Crippen LogP contribution in [0.1, 0.15) is 32.8 Å². The molecule has 0 aromatic heterocycles. The van der Waals surface area contributed by atoms with Gasteiger partial charge in [-0.3, -0.25) is 4.90 Å². The minimum absolute atomic E-state index is 0.600. The predicted molar refractivity (Wildman–Crippen MR) is 87.4 cm³/mol. The van der Waals surface area contributed by atoms with E-state index < -0.39 is 0 Å². The van der Waals surface area contributed by atoms with E-state index in [0.29, 0.717) is 6.04 Å². The van der Waals surface area contributed by atoms with E-state index in [1.54, 1.807) is 0 Å². The SMILES string of the molecule is CC(C)CNCCC(C)N(C)Cc1ccc(Br)cc1. The predicted octanol–water partition coefficient (Wildman–Crippen LogP) is 3.91. The van der Waals surface area contributed by atoms with Crippen molar-refractivity contribution in [3.63, 3.8) is 0 Å². The summed E-state index contributed by atoms with van der Waals surface area (Å²) < 4.78 is 1.14. The van der Waals surface area contributed by atoms with Gasteiger partial charge in [-0.2, -0.15) is 0 Å². The van der Waals surface area contributed by atoms with Crippen LogP contribution >= 0.6 is 15.9 Å². The lowest BCUT2D eigenvalue weighted by Crippen LogP contribution is -2.32. The van der Waals surface area contributed by atoms with Gasteiger partial charge in [-0.25, -0.2) is 0 Å². The largest absolute Gasteiger partial charge is 0.316 e. The van der Waals surface area contributed by atoms with Crippen molar-refractivity contribution in [2.45, 2.75) is 39.8 Å². The van der Waals surface area contributed by atoms with E-state index in [9.17, 15) is 0 Å². The van der Waals surface area contributed by atoms with Crippen LogP contribution in [-0.4, -0.2) is 31.1 Å². The highest BCUT2D eigenvalue weighted by atomic mass is 79.9. The fourth-order valence-electron chi connectivity index (χ4n) is 1.96. The zero-order valence-corrected chi connectivity index (χ0v) is 14.2. The Balaban J connectivity index is 2.28. The van der Waals surface area contributed by atoms with E-state index in [1.807, 2.05) is 0 Å². The summed E-state index contributed by atoms with van der Waals surface area (Å²) in [4.78, 5) is 2.42. The van der Waals surface area contributed by atoms with Crippen LogP contribution in [-0.2, 0) is 6.54 Å². The van der Waals surface area contributed by atoms with Gasteiger partial charge < -0.3 is 5.32 Å². The van der Waals surface area contributed by atoms with Crippen molar-refractivity contribution in [2.75, 3.05) is 20.1 Å². The van der Waals surface area contributed by atoms with E-state index in [2.05, 4.69) is 78.2 Å². The van der Waals surface area contributed by atoms with Gasteiger partial charge in [-0.1, -0.05) is 41.9 Å². The number of nitrogens with zero attached hydrogens (tertiary/aromatic N) is 1. The molecule has 0 saturated carbocycles. The Labute approximate surface area is 126 Å². The Bertz CT molecular complexity index is 348. The van der Waals surface area contributed by atoms with Crippen molar-refractivity contribution in [1.29, 1.82) is 0 Å². The van der Waals surface area contributed by atoms with Gasteiger partial charge in [0, 0.05) is 17.1 Å². The molecular formula is C16H27BrN2. The molecule has 0 saturated heterocycles. The first-order valence-corrected chi connectivity index (χ1v) is 7.93. The molecule has 0 aliphatic carbocycles. The Hall–Kier alpha value is -0.380. The highest BCUT2D eigenvalue weighted by Crippen LogP contribution is 2.13. The number of hydrogen-bond donors (Lipinski definition) is 1. The normalized spacial score (nSPS) is 13.2. The number of nitrogens with one attached hydrogen (secondary N) is 1. The number of rotatable bonds is 8. The Morgan fingerprint density at radius 1 is 1.16 bits per heavy atom. The maximum Gasteiger partial charge on any atom is 0.0233 e. The molecule has 0 radical (unpaired) electrons. The molecule has 0 aliphatic heterocycles. The third-order valence-corrected chi connectivity index (χ3v) is 3.92. The fraction of sp³-hybridized carbons (Fsp3) is 0.625. The van der Waals surface area contributed by atoms with Crippen molar-refractivity contribution in [3.8, 4) is 0 Å². The van der Waals surface area contributed by atoms with Gasteiger partial charge in [0.2, 0.25) is 0 Å². The molecule has 19 heavy (non-hydrogen) atoms. The molecule has 0 aliphatic rings. The van der Waals surface area contributed by atoms with Gasteiger partial charge in [0.1, 0.15) is 0 Å². The molecule has 0 fully saturated rings. The first-order valence-electron chi connectivity index (χ1n) is 7.14. The maximum atomic E-state index is 3.51. The minimum Gasteiger partial charge on any atom is -0.316 e. The summed E-state index contributed by atoms with van der Waals surface area (Å²) in [7, 11) is 2.20. The van der Waals surface area contributed by atoms with Crippen molar-refractivity contribution in [1.82, 2.24) is 10.2 Å². The Morgan fingerprint density at radius 2 is 1.79 bits per heavy atom. The zero-order valence-electron chi connectivity index (χ0n) is 12.6. The first kappa shape index (κ1) is 16.7. The molecule has 0 bridgehead atoms. The number of hydrogen-bond acceptors (Lipinski definition) is 2. The molecule has 0 heterocycles. The standard InChI is InChI=1S/C16H27BrN2/c1-13(2)11-18-10-9-14(3)19(4)12-15-5-7-16(17)8-6-15/h5-8,13-14,18H,9-12H2,1-4H3. The average Bonchev–Trinajstić information content (AvgIpc) is 2.36. The van der Waals surface area contributed by atoms with Crippen molar-refractivity contribution < 1.29 is 0 Å². The van der Waals surface area contributed by atoms with Crippen molar-refractivity contribution >= 4 is 15.9 Å². The second kappa shape index (κ2) is 8.72. The highest BCUT2D eigenvalue weighted by Gasteiger charge is 2.09. The van der Waals surface area contributed by atoms with Crippen LogP contribution in [0.15, 0.2) is 28.7 Å².